The maximum atomic E-state index is 14.6. The van der Waals surface area contributed by atoms with E-state index in [4.69, 9.17) is 0 Å². The second-order valence-corrected chi connectivity index (χ2v) is 9.19. The monoisotopic (exact) mass is 512 g/mol. The van der Waals surface area contributed by atoms with Crippen LogP contribution in [0.1, 0.15) is 40.7 Å². The molecule has 4 nitrogen and oxygen atoms in total. The molecule has 2 saturated heterocycles. The minimum Gasteiger partial charge on any atom is -0.385 e. The number of carbonyl (C=O) groups excluding carboxylic acids is 1. The van der Waals surface area contributed by atoms with Crippen molar-refractivity contribution in [3.8, 4) is 0 Å². The van der Waals surface area contributed by atoms with Gasteiger partial charge in [-0.05, 0) is 71.8 Å². The number of nitrogens with one attached hydrogen (secondary N) is 1. The van der Waals surface area contributed by atoms with Crippen LogP contribution >= 0.6 is 22.6 Å². The number of β-amino-alcohol motifs (C(OH)–C–C–N with tert-alkyl or cyclic N) is 1. The van der Waals surface area contributed by atoms with Gasteiger partial charge in [0.05, 0.1) is 13.1 Å². The molecule has 0 radical (unpaired) electrons. The smallest absolute Gasteiger partial charge is 0.254 e. The van der Waals surface area contributed by atoms with Crippen LogP contribution in [0.25, 0.3) is 0 Å². The van der Waals surface area contributed by atoms with Gasteiger partial charge >= 0.3 is 0 Å². The van der Waals surface area contributed by atoms with Crippen LogP contribution in [0.4, 0.5) is 8.78 Å². The number of likely N-dealkylation sites (tertiary alicyclic amines) is 1. The Kier molecular flexibility index (Phi) is 5.90. The van der Waals surface area contributed by atoms with E-state index in [-0.39, 0.29) is 42.6 Å². The summed E-state index contributed by atoms with van der Waals surface area (Å²) in [5, 5.41) is 14.2. The van der Waals surface area contributed by atoms with Crippen molar-refractivity contribution in [1.82, 2.24) is 10.2 Å². The number of hydrogen-bond acceptors (Lipinski definition) is 3. The molecule has 29 heavy (non-hydrogen) atoms. The number of aliphatic hydroxyl groups is 1. The summed E-state index contributed by atoms with van der Waals surface area (Å²) in [5.74, 6) is -1.27. The maximum Gasteiger partial charge on any atom is 0.254 e. The number of amides is 1. The Balaban J connectivity index is 1.53. The van der Waals surface area contributed by atoms with Gasteiger partial charge in [-0.2, -0.15) is 0 Å². The first-order valence-corrected chi connectivity index (χ1v) is 10.9. The number of hydrogen-bond donors (Lipinski definition) is 2. The first kappa shape index (κ1) is 20.7. The summed E-state index contributed by atoms with van der Waals surface area (Å²) in [4.78, 5) is 14.6. The SMILES string of the molecule is O=C(c1cccc(F)c1Cc1ccc(I)cc1F)N1CC(O)([C@@H]2CCCCN2)C1. The molecule has 2 aliphatic rings. The lowest BCUT2D eigenvalue weighted by Crippen LogP contribution is -2.72. The molecule has 154 valence electrons. The lowest BCUT2D eigenvalue weighted by molar-refractivity contribution is -0.108. The lowest BCUT2D eigenvalue weighted by Gasteiger charge is -2.51. The first-order valence-electron chi connectivity index (χ1n) is 9.84. The molecule has 2 N–H and O–H groups in total. The van der Waals surface area contributed by atoms with Gasteiger partial charge in [0.2, 0.25) is 0 Å². The highest BCUT2D eigenvalue weighted by atomic mass is 127. The number of carbonyl (C=O) groups is 1. The second kappa shape index (κ2) is 8.28. The Morgan fingerprint density at radius 1 is 1.21 bits per heavy atom. The third-order valence-electron chi connectivity index (χ3n) is 5.91. The predicted molar refractivity (Wildman–Crippen MR) is 115 cm³/mol. The van der Waals surface area contributed by atoms with E-state index < -0.39 is 17.2 Å². The Labute approximate surface area is 182 Å². The van der Waals surface area contributed by atoms with Gasteiger partial charge in [0.25, 0.3) is 5.91 Å². The molecule has 0 saturated carbocycles. The topological polar surface area (TPSA) is 52.6 Å². The highest BCUT2D eigenvalue weighted by molar-refractivity contribution is 14.1. The molecule has 0 unspecified atom stereocenters. The van der Waals surface area contributed by atoms with E-state index in [1.807, 2.05) is 22.6 Å². The average Bonchev–Trinajstić information content (AvgIpc) is 2.69. The molecule has 2 heterocycles. The third-order valence-corrected chi connectivity index (χ3v) is 6.58. The molecule has 2 aliphatic heterocycles. The Morgan fingerprint density at radius 2 is 2.00 bits per heavy atom. The summed E-state index contributed by atoms with van der Waals surface area (Å²) in [6.45, 7) is 1.31. The molecule has 7 heteroatoms. The molecule has 0 aliphatic carbocycles. The van der Waals surface area contributed by atoms with Gasteiger partial charge in [0, 0.05) is 27.2 Å². The van der Waals surface area contributed by atoms with E-state index in [1.54, 1.807) is 23.1 Å². The van der Waals surface area contributed by atoms with E-state index in [0.717, 1.165) is 29.4 Å². The number of piperidine rings is 1. The number of nitrogens with zero attached hydrogens (tertiary/aromatic N) is 1. The van der Waals surface area contributed by atoms with Gasteiger partial charge in [-0.25, -0.2) is 8.78 Å². The number of halogens is 3. The average molecular weight is 512 g/mol. The van der Waals surface area contributed by atoms with Crippen LogP contribution in [-0.2, 0) is 6.42 Å². The minimum absolute atomic E-state index is 0.00120. The Bertz CT molecular complexity index is 925. The zero-order chi connectivity index (χ0) is 20.6. The van der Waals surface area contributed by atoms with Crippen molar-refractivity contribution >= 4 is 28.5 Å². The normalized spacial score (nSPS) is 21.0. The third kappa shape index (κ3) is 4.18. The standard InChI is InChI=1S/C22H23F2IN2O2/c23-18-5-3-4-16(17(18)10-14-7-8-15(25)11-19(14)24)21(28)27-12-22(29,13-27)20-6-1-2-9-26-20/h3-5,7-8,11,20,26,29H,1-2,6,9-10,12-13H2/t20-/m0/s1. The second-order valence-electron chi connectivity index (χ2n) is 7.95. The van der Waals surface area contributed by atoms with Gasteiger partial charge in [0.1, 0.15) is 17.2 Å². The fourth-order valence-corrected chi connectivity index (χ4v) is 4.71. The van der Waals surface area contributed by atoms with Crippen molar-refractivity contribution in [2.75, 3.05) is 19.6 Å². The zero-order valence-corrected chi connectivity index (χ0v) is 18.1. The molecule has 0 spiro atoms. The number of benzene rings is 2. The van der Waals surface area contributed by atoms with Crippen molar-refractivity contribution in [2.45, 2.75) is 37.3 Å². The fourth-order valence-electron chi connectivity index (χ4n) is 4.25. The van der Waals surface area contributed by atoms with E-state index in [2.05, 4.69) is 5.32 Å². The summed E-state index contributed by atoms with van der Waals surface area (Å²) in [6.07, 6.45) is 3.04. The molecule has 0 aromatic heterocycles. The van der Waals surface area contributed by atoms with Crippen LogP contribution in [-0.4, -0.2) is 47.2 Å². The van der Waals surface area contributed by atoms with Crippen LogP contribution in [0, 0.1) is 15.2 Å². The van der Waals surface area contributed by atoms with E-state index >= 15 is 0 Å². The molecule has 4 rings (SSSR count). The quantitative estimate of drug-likeness (QED) is 0.618. The van der Waals surface area contributed by atoms with Crippen molar-refractivity contribution in [3.05, 3.63) is 68.3 Å². The maximum absolute atomic E-state index is 14.6. The fraction of sp³-hybridized carbons (Fsp3) is 0.409. The van der Waals surface area contributed by atoms with Crippen molar-refractivity contribution in [3.63, 3.8) is 0 Å². The van der Waals surface area contributed by atoms with Gasteiger partial charge in [-0.3, -0.25) is 4.79 Å². The van der Waals surface area contributed by atoms with Gasteiger partial charge < -0.3 is 15.3 Å². The summed E-state index contributed by atoms with van der Waals surface area (Å²) in [5.41, 5.74) is -0.187. The highest BCUT2D eigenvalue weighted by Gasteiger charge is 2.49. The van der Waals surface area contributed by atoms with Crippen molar-refractivity contribution < 1.29 is 18.7 Å². The van der Waals surface area contributed by atoms with Gasteiger partial charge in [-0.1, -0.05) is 18.6 Å². The minimum atomic E-state index is -0.939. The van der Waals surface area contributed by atoms with Crippen LogP contribution in [0.2, 0.25) is 0 Å². The molecule has 0 bridgehead atoms. The van der Waals surface area contributed by atoms with E-state index in [9.17, 15) is 18.7 Å². The van der Waals surface area contributed by atoms with Crippen LogP contribution in [0.5, 0.6) is 0 Å². The Morgan fingerprint density at radius 3 is 2.69 bits per heavy atom. The van der Waals surface area contributed by atoms with Crippen LogP contribution in [0.15, 0.2) is 36.4 Å². The summed E-state index contributed by atoms with van der Waals surface area (Å²) in [7, 11) is 0. The zero-order valence-electron chi connectivity index (χ0n) is 15.9. The van der Waals surface area contributed by atoms with E-state index in [1.165, 1.54) is 18.2 Å². The number of rotatable bonds is 4. The van der Waals surface area contributed by atoms with Crippen molar-refractivity contribution in [2.24, 2.45) is 0 Å². The van der Waals surface area contributed by atoms with Gasteiger partial charge in [0.15, 0.2) is 0 Å². The molecular weight excluding hydrogens is 489 g/mol. The first-order chi connectivity index (χ1) is 13.9. The van der Waals surface area contributed by atoms with Crippen LogP contribution in [0.3, 0.4) is 0 Å². The molecule has 2 aromatic rings. The lowest BCUT2D eigenvalue weighted by atomic mass is 9.81. The van der Waals surface area contributed by atoms with E-state index in [0.29, 0.717) is 5.56 Å². The summed E-state index contributed by atoms with van der Waals surface area (Å²) < 4.78 is 29.6. The van der Waals surface area contributed by atoms with Crippen LogP contribution < -0.4 is 5.32 Å². The summed E-state index contributed by atoms with van der Waals surface area (Å²) >= 11 is 2.02. The molecule has 1 amide bonds. The predicted octanol–water partition coefficient (Wildman–Crippen LogP) is 3.49. The molecule has 1 atom stereocenters. The largest absolute Gasteiger partial charge is 0.385 e. The van der Waals surface area contributed by atoms with Gasteiger partial charge in [-0.15, -0.1) is 0 Å². The molecule has 2 fully saturated rings. The Hall–Kier alpha value is -1.58. The highest BCUT2D eigenvalue weighted by Crippen LogP contribution is 2.31. The van der Waals surface area contributed by atoms with Crippen molar-refractivity contribution in [1.29, 1.82) is 0 Å². The molecule has 2 aromatic carbocycles. The summed E-state index contributed by atoms with van der Waals surface area (Å²) in [6, 6.07) is 9.10. The molecular formula is C22H23F2IN2O2.